The van der Waals surface area contributed by atoms with Crippen molar-refractivity contribution >= 4 is 40.0 Å². The highest BCUT2D eigenvalue weighted by Gasteiger charge is 2.25. The van der Waals surface area contributed by atoms with Gasteiger partial charge in [0, 0.05) is 60.7 Å². The summed E-state index contributed by atoms with van der Waals surface area (Å²) in [4.78, 5) is 31.3. The lowest BCUT2D eigenvalue weighted by molar-refractivity contribution is -0.384. The first kappa shape index (κ1) is 19.5. The zero-order chi connectivity index (χ0) is 20.4. The zero-order valence-corrected chi connectivity index (χ0v) is 17.1. The SMILES string of the molecule is NC(=O)c1ccc(N2CCN(Cc3csc(-c4ccsc4)n3)CC2)c([N+](=O)[O-])c1. The van der Waals surface area contributed by atoms with Crippen LogP contribution in [0.2, 0.25) is 0 Å². The van der Waals surface area contributed by atoms with Crippen LogP contribution in [0.25, 0.3) is 10.6 Å². The van der Waals surface area contributed by atoms with E-state index in [0.717, 1.165) is 35.9 Å². The molecule has 3 aromatic rings. The van der Waals surface area contributed by atoms with Crippen LogP contribution in [0.1, 0.15) is 16.1 Å². The number of carbonyl (C=O) groups is 1. The van der Waals surface area contributed by atoms with Gasteiger partial charge in [0.05, 0.1) is 10.6 Å². The van der Waals surface area contributed by atoms with Crippen LogP contribution in [0.5, 0.6) is 0 Å². The van der Waals surface area contributed by atoms with E-state index >= 15 is 0 Å². The molecule has 4 rings (SSSR count). The number of benzene rings is 1. The lowest BCUT2D eigenvalue weighted by Crippen LogP contribution is -2.46. The fourth-order valence-electron chi connectivity index (χ4n) is 3.36. The van der Waals surface area contributed by atoms with Gasteiger partial charge in [-0.3, -0.25) is 19.8 Å². The van der Waals surface area contributed by atoms with Crippen molar-refractivity contribution in [2.24, 2.45) is 5.73 Å². The molecule has 1 aliphatic heterocycles. The van der Waals surface area contributed by atoms with Crippen LogP contribution in [0.3, 0.4) is 0 Å². The van der Waals surface area contributed by atoms with Crippen molar-refractivity contribution in [3.05, 3.63) is 61.8 Å². The second-order valence-corrected chi connectivity index (χ2v) is 8.38. The van der Waals surface area contributed by atoms with Crippen LogP contribution >= 0.6 is 22.7 Å². The largest absolute Gasteiger partial charge is 0.366 e. The Balaban J connectivity index is 1.41. The average molecular weight is 430 g/mol. The van der Waals surface area contributed by atoms with Gasteiger partial charge in [-0.2, -0.15) is 11.3 Å². The Labute approximate surface area is 175 Å². The first-order valence-electron chi connectivity index (χ1n) is 9.04. The Hall–Kier alpha value is -2.82. The van der Waals surface area contributed by atoms with Crippen LogP contribution in [0.4, 0.5) is 11.4 Å². The highest BCUT2D eigenvalue weighted by atomic mass is 32.1. The van der Waals surface area contributed by atoms with Gasteiger partial charge < -0.3 is 10.6 Å². The number of nitro groups is 1. The second kappa shape index (κ2) is 8.27. The van der Waals surface area contributed by atoms with Crippen LogP contribution in [0.15, 0.2) is 40.4 Å². The summed E-state index contributed by atoms with van der Waals surface area (Å²) >= 11 is 3.31. The molecule has 150 valence electrons. The van der Waals surface area contributed by atoms with E-state index in [1.165, 1.54) is 12.1 Å². The van der Waals surface area contributed by atoms with E-state index in [2.05, 4.69) is 21.7 Å². The molecule has 0 aliphatic carbocycles. The maximum Gasteiger partial charge on any atom is 0.293 e. The number of nitrogens with zero attached hydrogens (tertiary/aromatic N) is 4. The van der Waals surface area contributed by atoms with Gasteiger partial charge in [-0.15, -0.1) is 11.3 Å². The number of amides is 1. The van der Waals surface area contributed by atoms with Crippen molar-refractivity contribution in [3.63, 3.8) is 0 Å². The Bertz CT molecular complexity index is 1030. The second-order valence-electron chi connectivity index (χ2n) is 6.74. The molecule has 29 heavy (non-hydrogen) atoms. The maximum atomic E-state index is 11.5. The maximum absolute atomic E-state index is 11.5. The molecule has 1 fully saturated rings. The van der Waals surface area contributed by atoms with E-state index in [0.29, 0.717) is 18.8 Å². The lowest BCUT2D eigenvalue weighted by atomic mass is 10.1. The van der Waals surface area contributed by atoms with Gasteiger partial charge in [0.1, 0.15) is 10.7 Å². The number of hydrogen-bond donors (Lipinski definition) is 1. The monoisotopic (exact) mass is 429 g/mol. The number of primary amides is 1. The van der Waals surface area contributed by atoms with Gasteiger partial charge in [-0.1, -0.05) is 0 Å². The minimum absolute atomic E-state index is 0.0883. The van der Waals surface area contributed by atoms with Crippen molar-refractivity contribution in [2.75, 3.05) is 31.1 Å². The third kappa shape index (κ3) is 4.29. The molecule has 1 amide bonds. The van der Waals surface area contributed by atoms with E-state index in [9.17, 15) is 14.9 Å². The Morgan fingerprint density at radius 3 is 2.66 bits per heavy atom. The number of anilines is 1. The first-order valence-corrected chi connectivity index (χ1v) is 10.9. The van der Waals surface area contributed by atoms with Gasteiger partial charge in [0.15, 0.2) is 0 Å². The van der Waals surface area contributed by atoms with Gasteiger partial charge >= 0.3 is 0 Å². The first-order chi connectivity index (χ1) is 14.0. The summed E-state index contributed by atoms with van der Waals surface area (Å²) in [6.45, 7) is 3.65. The summed E-state index contributed by atoms with van der Waals surface area (Å²) in [6, 6.07) is 6.48. The molecule has 3 heterocycles. The molecule has 1 saturated heterocycles. The number of nitro benzene ring substituents is 1. The number of thiophene rings is 1. The molecule has 0 unspecified atom stereocenters. The van der Waals surface area contributed by atoms with E-state index in [-0.39, 0.29) is 11.3 Å². The summed E-state index contributed by atoms with van der Waals surface area (Å²) < 4.78 is 0. The van der Waals surface area contributed by atoms with Gasteiger partial charge in [-0.05, 0) is 23.6 Å². The molecule has 0 saturated carbocycles. The molecule has 2 N–H and O–H groups in total. The molecular formula is C19H19N5O3S2. The van der Waals surface area contributed by atoms with E-state index in [1.807, 2.05) is 10.3 Å². The quantitative estimate of drug-likeness (QED) is 0.476. The predicted molar refractivity (Wildman–Crippen MR) is 115 cm³/mol. The van der Waals surface area contributed by atoms with Crippen LogP contribution in [-0.2, 0) is 6.54 Å². The standard InChI is InChI=1S/C19H19N5O3S2/c20-18(25)13-1-2-16(17(9-13)24(26)27)23-6-4-22(5-7-23)10-15-12-29-19(21-15)14-3-8-28-11-14/h1-3,8-9,11-12H,4-7,10H2,(H2,20,25). The summed E-state index contributed by atoms with van der Waals surface area (Å²) in [5.41, 5.74) is 8.02. The molecule has 1 aliphatic rings. The fourth-order valence-corrected chi connectivity index (χ4v) is 4.89. The van der Waals surface area contributed by atoms with E-state index in [4.69, 9.17) is 10.7 Å². The van der Waals surface area contributed by atoms with E-state index < -0.39 is 10.8 Å². The molecule has 10 heteroatoms. The molecular weight excluding hydrogens is 410 g/mol. The topological polar surface area (TPSA) is 106 Å². The minimum Gasteiger partial charge on any atom is -0.366 e. The van der Waals surface area contributed by atoms with Crippen molar-refractivity contribution in [2.45, 2.75) is 6.54 Å². The summed E-state index contributed by atoms with van der Waals surface area (Å²) in [6.07, 6.45) is 0. The Morgan fingerprint density at radius 2 is 2.00 bits per heavy atom. The molecule has 0 radical (unpaired) electrons. The fraction of sp³-hybridized carbons (Fsp3) is 0.263. The van der Waals surface area contributed by atoms with Crippen LogP contribution in [-0.4, -0.2) is 46.9 Å². The van der Waals surface area contributed by atoms with Gasteiger partial charge in [0.2, 0.25) is 5.91 Å². The number of thiazole rings is 1. The van der Waals surface area contributed by atoms with Crippen molar-refractivity contribution < 1.29 is 9.72 Å². The predicted octanol–water partition coefficient (Wildman–Crippen LogP) is 3.20. The summed E-state index contributed by atoms with van der Waals surface area (Å²) in [5.74, 6) is -0.672. The highest BCUT2D eigenvalue weighted by Crippen LogP contribution is 2.30. The van der Waals surface area contributed by atoms with Crippen molar-refractivity contribution in [3.8, 4) is 10.6 Å². The molecule has 8 nitrogen and oxygen atoms in total. The van der Waals surface area contributed by atoms with Gasteiger partial charge in [0.25, 0.3) is 5.69 Å². The third-order valence-electron chi connectivity index (χ3n) is 4.88. The van der Waals surface area contributed by atoms with Crippen molar-refractivity contribution in [1.29, 1.82) is 0 Å². The number of nitrogens with two attached hydrogens (primary N) is 1. The van der Waals surface area contributed by atoms with E-state index in [1.54, 1.807) is 28.7 Å². The Kier molecular flexibility index (Phi) is 5.56. The summed E-state index contributed by atoms with van der Waals surface area (Å²) in [5, 5.41) is 18.7. The number of rotatable bonds is 6. The molecule has 1 aromatic carbocycles. The lowest BCUT2D eigenvalue weighted by Gasteiger charge is -2.35. The molecule has 0 spiro atoms. The Morgan fingerprint density at radius 1 is 1.21 bits per heavy atom. The number of piperazine rings is 1. The number of hydrogen-bond acceptors (Lipinski definition) is 8. The third-order valence-corrected chi connectivity index (χ3v) is 6.50. The normalized spacial score (nSPS) is 14.8. The zero-order valence-electron chi connectivity index (χ0n) is 15.5. The molecule has 0 bridgehead atoms. The van der Waals surface area contributed by atoms with Crippen LogP contribution in [0, 0.1) is 10.1 Å². The minimum atomic E-state index is -0.672. The highest BCUT2D eigenvalue weighted by molar-refractivity contribution is 7.14. The average Bonchev–Trinajstić information content (AvgIpc) is 3.40. The number of carbonyl (C=O) groups excluding carboxylic acids is 1. The molecule has 0 atom stereocenters. The number of aromatic nitrogens is 1. The van der Waals surface area contributed by atoms with Crippen LogP contribution < -0.4 is 10.6 Å². The summed E-state index contributed by atoms with van der Waals surface area (Å²) in [7, 11) is 0. The smallest absolute Gasteiger partial charge is 0.293 e. The van der Waals surface area contributed by atoms with Crippen molar-refractivity contribution in [1.82, 2.24) is 9.88 Å². The molecule has 2 aromatic heterocycles. The van der Waals surface area contributed by atoms with Gasteiger partial charge in [-0.25, -0.2) is 4.98 Å².